The maximum Gasteiger partial charge on any atom is 0.214 e. The van der Waals surface area contributed by atoms with Gasteiger partial charge in [0.05, 0.1) is 12.4 Å². The lowest BCUT2D eigenvalue weighted by Gasteiger charge is -2.20. The number of fused-ring (bicyclic) bond motifs is 1. The second kappa shape index (κ2) is 4.74. The van der Waals surface area contributed by atoms with Crippen molar-refractivity contribution in [3.05, 3.63) is 0 Å². The number of hydrogen-bond donors (Lipinski definition) is 1. The summed E-state index contributed by atoms with van der Waals surface area (Å²) >= 11 is 0. The van der Waals surface area contributed by atoms with Gasteiger partial charge in [-0.05, 0) is 37.0 Å². The summed E-state index contributed by atoms with van der Waals surface area (Å²) in [6, 6.07) is 0.199. The molecule has 1 saturated carbocycles. The van der Waals surface area contributed by atoms with Crippen LogP contribution in [0.25, 0.3) is 0 Å². The lowest BCUT2D eigenvalue weighted by Crippen LogP contribution is -2.36. The Kier molecular flexibility index (Phi) is 3.38. The van der Waals surface area contributed by atoms with Crippen molar-refractivity contribution in [3.8, 4) is 0 Å². The van der Waals surface area contributed by atoms with Crippen molar-refractivity contribution in [1.29, 1.82) is 0 Å². The van der Waals surface area contributed by atoms with E-state index in [-0.39, 0.29) is 17.7 Å². The fourth-order valence-corrected chi connectivity index (χ4v) is 5.50. The SMILES string of the molecule is NC1CCC2CN(S(=O)(=O)CC3CCOC3)CC12. The molecule has 0 aromatic heterocycles. The molecule has 5 nitrogen and oxygen atoms in total. The van der Waals surface area contributed by atoms with Gasteiger partial charge in [-0.1, -0.05) is 0 Å². The van der Waals surface area contributed by atoms with E-state index in [2.05, 4.69) is 0 Å². The first kappa shape index (κ1) is 12.8. The molecule has 2 aliphatic heterocycles. The van der Waals surface area contributed by atoms with Gasteiger partial charge < -0.3 is 10.5 Å². The molecule has 0 aromatic rings. The van der Waals surface area contributed by atoms with Crippen molar-refractivity contribution in [2.75, 3.05) is 32.1 Å². The van der Waals surface area contributed by atoms with Crippen molar-refractivity contribution in [1.82, 2.24) is 4.31 Å². The maximum absolute atomic E-state index is 12.4. The number of hydrogen-bond acceptors (Lipinski definition) is 4. The molecule has 1 aliphatic carbocycles. The van der Waals surface area contributed by atoms with E-state index in [0.29, 0.717) is 38.1 Å². The van der Waals surface area contributed by atoms with E-state index in [0.717, 1.165) is 19.3 Å². The van der Waals surface area contributed by atoms with Crippen LogP contribution in [0.4, 0.5) is 0 Å². The van der Waals surface area contributed by atoms with Crippen LogP contribution in [0.2, 0.25) is 0 Å². The minimum Gasteiger partial charge on any atom is -0.381 e. The molecule has 6 heteroatoms. The number of ether oxygens (including phenoxy) is 1. The van der Waals surface area contributed by atoms with Gasteiger partial charge >= 0.3 is 0 Å². The van der Waals surface area contributed by atoms with Gasteiger partial charge in [0.1, 0.15) is 0 Å². The predicted molar refractivity (Wildman–Crippen MR) is 68.5 cm³/mol. The molecular weight excluding hydrogens is 252 g/mol. The molecule has 0 spiro atoms. The first-order valence-electron chi connectivity index (χ1n) is 6.87. The fourth-order valence-electron chi connectivity index (χ4n) is 3.61. The Hall–Kier alpha value is -0.170. The average Bonchev–Trinajstić information content (AvgIpc) is 2.97. The molecule has 3 rings (SSSR count). The number of nitrogens with two attached hydrogens (primary N) is 1. The Balaban J connectivity index is 1.64. The zero-order chi connectivity index (χ0) is 12.8. The van der Waals surface area contributed by atoms with Crippen LogP contribution in [-0.2, 0) is 14.8 Å². The highest BCUT2D eigenvalue weighted by Gasteiger charge is 2.45. The van der Waals surface area contributed by atoms with Gasteiger partial charge in [-0.3, -0.25) is 0 Å². The second-order valence-corrected chi connectivity index (χ2v) is 8.00. The predicted octanol–water partition coefficient (Wildman–Crippen LogP) is 0.0218. The van der Waals surface area contributed by atoms with Crippen LogP contribution >= 0.6 is 0 Å². The van der Waals surface area contributed by atoms with Crippen LogP contribution in [0.1, 0.15) is 19.3 Å². The first-order valence-corrected chi connectivity index (χ1v) is 8.48. The highest BCUT2D eigenvalue weighted by atomic mass is 32.2. The highest BCUT2D eigenvalue weighted by Crippen LogP contribution is 2.38. The average molecular weight is 274 g/mol. The van der Waals surface area contributed by atoms with Crippen LogP contribution in [0, 0.1) is 17.8 Å². The second-order valence-electron chi connectivity index (χ2n) is 5.99. The minimum atomic E-state index is -3.11. The molecule has 4 atom stereocenters. The van der Waals surface area contributed by atoms with Gasteiger partial charge in [0, 0.05) is 25.7 Å². The summed E-state index contributed by atoms with van der Waals surface area (Å²) in [5, 5.41) is 0. The van der Waals surface area contributed by atoms with Crippen LogP contribution in [0.15, 0.2) is 0 Å². The largest absolute Gasteiger partial charge is 0.381 e. The molecule has 0 bridgehead atoms. The van der Waals surface area contributed by atoms with Crippen LogP contribution in [0.3, 0.4) is 0 Å². The monoisotopic (exact) mass is 274 g/mol. The molecule has 0 aromatic carbocycles. The smallest absolute Gasteiger partial charge is 0.214 e. The Labute approximate surface area is 109 Å². The molecule has 2 N–H and O–H groups in total. The third-order valence-corrected chi connectivity index (χ3v) is 6.72. The Morgan fingerprint density at radius 3 is 2.72 bits per heavy atom. The topological polar surface area (TPSA) is 72.6 Å². The molecule has 104 valence electrons. The van der Waals surface area contributed by atoms with Gasteiger partial charge in [-0.25, -0.2) is 12.7 Å². The summed E-state index contributed by atoms with van der Waals surface area (Å²) in [5.74, 6) is 1.32. The van der Waals surface area contributed by atoms with E-state index in [1.165, 1.54) is 0 Å². The van der Waals surface area contributed by atoms with E-state index in [1.54, 1.807) is 4.31 Å². The Morgan fingerprint density at radius 1 is 1.22 bits per heavy atom. The highest BCUT2D eigenvalue weighted by molar-refractivity contribution is 7.89. The van der Waals surface area contributed by atoms with Crippen LogP contribution in [-0.4, -0.2) is 50.8 Å². The van der Waals surface area contributed by atoms with Crippen LogP contribution < -0.4 is 5.73 Å². The van der Waals surface area contributed by atoms with Crippen molar-refractivity contribution < 1.29 is 13.2 Å². The number of rotatable bonds is 3. The van der Waals surface area contributed by atoms with Gasteiger partial charge in [-0.2, -0.15) is 0 Å². The maximum atomic E-state index is 12.4. The molecule has 18 heavy (non-hydrogen) atoms. The third-order valence-electron chi connectivity index (χ3n) is 4.74. The van der Waals surface area contributed by atoms with Gasteiger partial charge in [0.2, 0.25) is 10.0 Å². The van der Waals surface area contributed by atoms with E-state index in [1.807, 2.05) is 0 Å². The van der Waals surface area contributed by atoms with Crippen LogP contribution in [0.5, 0.6) is 0 Å². The molecule has 2 heterocycles. The molecule has 2 saturated heterocycles. The first-order chi connectivity index (χ1) is 8.56. The zero-order valence-corrected chi connectivity index (χ0v) is 11.4. The van der Waals surface area contributed by atoms with Gasteiger partial charge in [0.25, 0.3) is 0 Å². The number of nitrogens with zero attached hydrogens (tertiary/aromatic N) is 1. The van der Waals surface area contributed by atoms with E-state index < -0.39 is 10.0 Å². The molecule has 3 aliphatic rings. The lowest BCUT2D eigenvalue weighted by atomic mass is 9.98. The third kappa shape index (κ3) is 2.31. The van der Waals surface area contributed by atoms with Crippen molar-refractivity contribution in [3.63, 3.8) is 0 Å². The number of sulfonamides is 1. The molecule has 0 radical (unpaired) electrons. The molecule has 3 fully saturated rings. The summed E-state index contributed by atoms with van der Waals surface area (Å²) in [6.07, 6.45) is 3.02. The Bertz CT molecular complexity index is 406. The summed E-state index contributed by atoms with van der Waals surface area (Å²) in [6.45, 7) is 2.63. The summed E-state index contributed by atoms with van der Waals surface area (Å²) in [4.78, 5) is 0. The zero-order valence-electron chi connectivity index (χ0n) is 10.6. The normalized spacial score (nSPS) is 41.4. The van der Waals surface area contributed by atoms with Gasteiger partial charge in [-0.15, -0.1) is 0 Å². The summed E-state index contributed by atoms with van der Waals surface area (Å²) in [7, 11) is -3.11. The van der Waals surface area contributed by atoms with E-state index >= 15 is 0 Å². The van der Waals surface area contributed by atoms with Crippen molar-refractivity contribution in [2.45, 2.75) is 25.3 Å². The van der Waals surface area contributed by atoms with Crippen molar-refractivity contribution in [2.24, 2.45) is 23.5 Å². The summed E-state index contributed by atoms with van der Waals surface area (Å²) in [5.41, 5.74) is 6.05. The molecule has 0 amide bonds. The van der Waals surface area contributed by atoms with E-state index in [4.69, 9.17) is 10.5 Å². The quantitative estimate of drug-likeness (QED) is 0.787. The van der Waals surface area contributed by atoms with E-state index in [9.17, 15) is 8.42 Å². The standard InChI is InChI=1S/C12H22N2O3S/c13-12-2-1-10-5-14(6-11(10)12)18(15,16)8-9-3-4-17-7-9/h9-12H,1-8,13H2. The van der Waals surface area contributed by atoms with Gasteiger partial charge in [0.15, 0.2) is 0 Å². The summed E-state index contributed by atoms with van der Waals surface area (Å²) < 4.78 is 31.6. The van der Waals surface area contributed by atoms with Crippen molar-refractivity contribution >= 4 is 10.0 Å². The Morgan fingerprint density at radius 2 is 2.06 bits per heavy atom. The lowest BCUT2D eigenvalue weighted by molar-refractivity contribution is 0.188. The fraction of sp³-hybridized carbons (Fsp3) is 1.00. The molecular formula is C12H22N2O3S. The molecule has 4 unspecified atom stereocenters. The minimum absolute atomic E-state index is 0.184.